The second-order valence-corrected chi connectivity index (χ2v) is 5.20. The molecule has 4 nitrogen and oxygen atoms in total. The number of hydrogen-bond acceptors (Lipinski definition) is 4. The van der Waals surface area contributed by atoms with Crippen LogP contribution in [0.5, 0.6) is 0 Å². The molecule has 0 aliphatic carbocycles. The molecular formula is C9H8ClNO3S. The minimum atomic E-state index is -3.37. The van der Waals surface area contributed by atoms with E-state index in [1.807, 2.05) is 0 Å². The van der Waals surface area contributed by atoms with Gasteiger partial charge in [0.2, 0.25) is 6.08 Å². The molecule has 0 aliphatic rings. The highest BCUT2D eigenvalue weighted by Crippen LogP contribution is 2.18. The SMILES string of the molecule is O=C=Nc1cccc(S(=O)(=O)CCCl)c1. The van der Waals surface area contributed by atoms with Gasteiger partial charge in [0, 0.05) is 5.88 Å². The number of benzene rings is 1. The molecule has 0 fully saturated rings. The Morgan fingerprint density at radius 1 is 1.40 bits per heavy atom. The van der Waals surface area contributed by atoms with E-state index in [4.69, 9.17) is 11.6 Å². The van der Waals surface area contributed by atoms with Crippen LogP contribution in [-0.4, -0.2) is 26.1 Å². The highest BCUT2D eigenvalue weighted by Gasteiger charge is 2.13. The summed E-state index contributed by atoms with van der Waals surface area (Å²) in [5, 5.41) is 0. The van der Waals surface area contributed by atoms with Crippen molar-refractivity contribution in [3.8, 4) is 0 Å². The van der Waals surface area contributed by atoms with E-state index in [0.717, 1.165) is 0 Å². The number of rotatable bonds is 4. The van der Waals surface area contributed by atoms with Crippen LogP contribution in [0.15, 0.2) is 34.2 Å². The van der Waals surface area contributed by atoms with E-state index in [0.29, 0.717) is 0 Å². The van der Waals surface area contributed by atoms with E-state index >= 15 is 0 Å². The Morgan fingerprint density at radius 2 is 2.13 bits per heavy atom. The number of nitrogens with zero attached hydrogens (tertiary/aromatic N) is 1. The summed E-state index contributed by atoms with van der Waals surface area (Å²) in [6, 6.07) is 5.78. The number of carbonyl (C=O) groups excluding carboxylic acids is 1. The molecule has 1 aromatic rings. The van der Waals surface area contributed by atoms with Gasteiger partial charge >= 0.3 is 0 Å². The third-order valence-corrected chi connectivity index (χ3v) is 3.82. The summed E-state index contributed by atoms with van der Waals surface area (Å²) in [7, 11) is -3.37. The lowest BCUT2D eigenvalue weighted by Gasteiger charge is -2.01. The smallest absolute Gasteiger partial charge is 0.224 e. The Labute approximate surface area is 92.5 Å². The van der Waals surface area contributed by atoms with Crippen LogP contribution < -0.4 is 0 Å². The van der Waals surface area contributed by atoms with Gasteiger partial charge in [-0.05, 0) is 18.2 Å². The summed E-state index contributed by atoms with van der Waals surface area (Å²) >= 11 is 5.37. The summed E-state index contributed by atoms with van der Waals surface area (Å²) < 4.78 is 23.1. The van der Waals surface area contributed by atoms with Crippen molar-refractivity contribution in [2.24, 2.45) is 4.99 Å². The van der Waals surface area contributed by atoms with Crippen LogP contribution in [0.25, 0.3) is 0 Å². The van der Waals surface area contributed by atoms with E-state index in [-0.39, 0.29) is 22.2 Å². The molecule has 0 saturated heterocycles. The number of halogens is 1. The molecule has 0 N–H and O–H groups in total. The zero-order chi connectivity index (χ0) is 11.3. The fourth-order valence-electron chi connectivity index (χ4n) is 1.02. The second kappa shape index (κ2) is 5.07. The van der Waals surface area contributed by atoms with E-state index < -0.39 is 9.84 Å². The largest absolute Gasteiger partial charge is 0.240 e. The molecule has 0 unspecified atom stereocenters. The number of alkyl halides is 1. The number of aliphatic imine (C=N–C) groups is 1. The monoisotopic (exact) mass is 245 g/mol. The molecule has 0 spiro atoms. The molecule has 80 valence electrons. The zero-order valence-corrected chi connectivity index (χ0v) is 9.25. The number of isocyanates is 1. The van der Waals surface area contributed by atoms with Crippen molar-refractivity contribution in [3.63, 3.8) is 0 Å². The summed E-state index contributed by atoms with van der Waals surface area (Å²) in [5.74, 6) is -0.105. The van der Waals surface area contributed by atoms with Crippen molar-refractivity contribution in [3.05, 3.63) is 24.3 Å². The fourth-order valence-corrected chi connectivity index (χ4v) is 2.65. The molecule has 0 bridgehead atoms. The van der Waals surface area contributed by atoms with Gasteiger partial charge in [0.05, 0.1) is 16.3 Å². The number of hydrogen-bond donors (Lipinski definition) is 0. The van der Waals surface area contributed by atoms with Crippen molar-refractivity contribution < 1.29 is 13.2 Å². The maximum atomic E-state index is 11.6. The molecule has 0 amide bonds. The van der Waals surface area contributed by atoms with Gasteiger partial charge in [0.1, 0.15) is 0 Å². The van der Waals surface area contributed by atoms with Gasteiger partial charge in [0.15, 0.2) is 9.84 Å². The summed E-state index contributed by atoms with van der Waals surface area (Å²) in [6.45, 7) is 0. The summed E-state index contributed by atoms with van der Waals surface area (Å²) in [4.78, 5) is 13.4. The Morgan fingerprint density at radius 3 is 2.73 bits per heavy atom. The van der Waals surface area contributed by atoms with Crippen LogP contribution in [-0.2, 0) is 14.6 Å². The van der Waals surface area contributed by atoms with Gasteiger partial charge in [-0.2, -0.15) is 4.99 Å². The standard InChI is InChI=1S/C9H8ClNO3S/c10-4-5-15(13,14)9-3-1-2-8(6-9)11-7-12/h1-3,6H,4-5H2. The molecule has 0 saturated carbocycles. The van der Waals surface area contributed by atoms with Crippen LogP contribution in [0.4, 0.5) is 5.69 Å². The summed E-state index contributed by atoms with van der Waals surface area (Å²) in [5.41, 5.74) is 0.264. The van der Waals surface area contributed by atoms with E-state index in [1.165, 1.54) is 30.3 Å². The minimum absolute atomic E-state index is 0.0313. The average Bonchev–Trinajstić information content (AvgIpc) is 2.19. The third kappa shape index (κ3) is 3.16. The van der Waals surface area contributed by atoms with Gasteiger partial charge in [-0.15, -0.1) is 11.6 Å². The fraction of sp³-hybridized carbons (Fsp3) is 0.222. The highest BCUT2D eigenvalue weighted by molar-refractivity contribution is 7.91. The van der Waals surface area contributed by atoms with Crippen molar-refractivity contribution in [2.75, 3.05) is 11.6 Å². The second-order valence-electron chi connectivity index (χ2n) is 2.71. The van der Waals surface area contributed by atoms with Crippen LogP contribution in [0.3, 0.4) is 0 Å². The quantitative estimate of drug-likeness (QED) is 0.460. The van der Waals surface area contributed by atoms with Crippen LogP contribution in [0, 0.1) is 0 Å². The molecule has 15 heavy (non-hydrogen) atoms. The Hall–Kier alpha value is -1.16. The first-order valence-electron chi connectivity index (χ1n) is 4.07. The molecule has 1 aromatic carbocycles. The van der Waals surface area contributed by atoms with Crippen LogP contribution in [0.1, 0.15) is 0 Å². The molecular weight excluding hydrogens is 238 g/mol. The Bertz CT molecular complexity index is 492. The maximum absolute atomic E-state index is 11.6. The first-order chi connectivity index (χ1) is 7.10. The van der Waals surface area contributed by atoms with Gasteiger partial charge in [-0.1, -0.05) is 6.07 Å². The minimum Gasteiger partial charge on any atom is -0.224 e. The lowest BCUT2D eigenvalue weighted by Crippen LogP contribution is -2.07. The first kappa shape index (κ1) is 11.9. The molecule has 0 aromatic heterocycles. The predicted molar refractivity (Wildman–Crippen MR) is 57.0 cm³/mol. The van der Waals surface area contributed by atoms with Crippen molar-refractivity contribution in [2.45, 2.75) is 4.90 Å². The summed E-state index contributed by atoms with van der Waals surface area (Å²) in [6.07, 6.45) is 1.35. The molecule has 0 heterocycles. The normalized spacial score (nSPS) is 10.7. The number of sulfone groups is 1. The zero-order valence-electron chi connectivity index (χ0n) is 7.68. The topological polar surface area (TPSA) is 63.6 Å². The molecule has 6 heteroatoms. The van der Waals surface area contributed by atoms with Gasteiger partial charge in [-0.25, -0.2) is 13.2 Å². The van der Waals surface area contributed by atoms with Gasteiger partial charge in [0.25, 0.3) is 0 Å². The molecule has 1 rings (SSSR count). The lowest BCUT2D eigenvalue weighted by atomic mass is 10.3. The Kier molecular flexibility index (Phi) is 4.03. The van der Waals surface area contributed by atoms with Crippen LogP contribution >= 0.6 is 11.6 Å². The van der Waals surface area contributed by atoms with Crippen molar-refractivity contribution >= 4 is 33.2 Å². The first-order valence-corrected chi connectivity index (χ1v) is 6.25. The van der Waals surface area contributed by atoms with E-state index in [2.05, 4.69) is 4.99 Å². The highest BCUT2D eigenvalue weighted by atomic mass is 35.5. The molecule has 0 aliphatic heterocycles. The average molecular weight is 246 g/mol. The van der Waals surface area contributed by atoms with Gasteiger partial charge in [-0.3, -0.25) is 0 Å². The molecule has 0 atom stereocenters. The van der Waals surface area contributed by atoms with Gasteiger partial charge < -0.3 is 0 Å². The van der Waals surface area contributed by atoms with Crippen molar-refractivity contribution in [1.82, 2.24) is 0 Å². The van der Waals surface area contributed by atoms with E-state index in [9.17, 15) is 13.2 Å². The van der Waals surface area contributed by atoms with Crippen molar-refractivity contribution in [1.29, 1.82) is 0 Å². The third-order valence-electron chi connectivity index (χ3n) is 1.70. The van der Waals surface area contributed by atoms with Crippen LogP contribution in [0.2, 0.25) is 0 Å². The lowest BCUT2D eigenvalue weighted by molar-refractivity contribution is 0.565. The van der Waals surface area contributed by atoms with E-state index in [1.54, 1.807) is 0 Å². The molecule has 0 radical (unpaired) electrons. The predicted octanol–water partition coefficient (Wildman–Crippen LogP) is 1.67. The maximum Gasteiger partial charge on any atom is 0.240 e. The Balaban J connectivity index is 3.16.